The van der Waals surface area contributed by atoms with Crippen LogP contribution in [0.5, 0.6) is 0 Å². The standard InChI is InChI=1S/C17H14ClFN4O2/c18-12-8-11(6-7-13(12)19)20-16(25)14-9-15(24)23-17(22-14)21-10-4-2-1-3-5-10/h1-8,14H,9H2,(H,20,25)(H2,21,22,23,24)/t14-/m1/s1. The average Bonchev–Trinajstić information content (AvgIpc) is 2.58. The van der Waals surface area contributed by atoms with Gasteiger partial charge in [-0.25, -0.2) is 9.38 Å². The van der Waals surface area contributed by atoms with Crippen molar-refractivity contribution in [3.05, 3.63) is 59.4 Å². The minimum Gasteiger partial charge on any atom is -0.326 e. The van der Waals surface area contributed by atoms with Crippen LogP contribution < -0.4 is 16.0 Å². The molecule has 0 spiro atoms. The largest absolute Gasteiger partial charge is 0.326 e. The molecular formula is C17H14ClFN4O2. The molecule has 8 heteroatoms. The predicted octanol–water partition coefficient (Wildman–Crippen LogP) is 2.77. The first-order valence-electron chi connectivity index (χ1n) is 7.47. The van der Waals surface area contributed by atoms with Crippen LogP contribution in [0.1, 0.15) is 6.42 Å². The Morgan fingerprint density at radius 2 is 1.96 bits per heavy atom. The van der Waals surface area contributed by atoms with E-state index >= 15 is 0 Å². The number of guanidine groups is 1. The van der Waals surface area contributed by atoms with Crippen LogP contribution in [0, 0.1) is 5.82 Å². The summed E-state index contributed by atoms with van der Waals surface area (Å²) in [7, 11) is 0. The van der Waals surface area contributed by atoms with Crippen molar-refractivity contribution < 1.29 is 14.0 Å². The van der Waals surface area contributed by atoms with Gasteiger partial charge >= 0.3 is 0 Å². The molecule has 2 amide bonds. The number of anilines is 2. The first-order chi connectivity index (χ1) is 12.0. The molecule has 1 atom stereocenters. The maximum atomic E-state index is 13.2. The number of hydrogen-bond acceptors (Lipinski definition) is 4. The van der Waals surface area contributed by atoms with E-state index in [2.05, 4.69) is 20.9 Å². The molecule has 0 aromatic heterocycles. The average molecular weight is 361 g/mol. The van der Waals surface area contributed by atoms with Crippen molar-refractivity contribution in [1.29, 1.82) is 0 Å². The minimum atomic E-state index is -0.899. The van der Waals surface area contributed by atoms with E-state index in [-0.39, 0.29) is 23.3 Å². The highest BCUT2D eigenvalue weighted by molar-refractivity contribution is 6.31. The second kappa shape index (κ2) is 7.31. The summed E-state index contributed by atoms with van der Waals surface area (Å²) >= 11 is 5.69. The second-order valence-electron chi connectivity index (χ2n) is 5.35. The van der Waals surface area contributed by atoms with Gasteiger partial charge < -0.3 is 10.6 Å². The molecule has 0 aliphatic carbocycles. The van der Waals surface area contributed by atoms with Crippen molar-refractivity contribution in [2.45, 2.75) is 12.5 Å². The van der Waals surface area contributed by atoms with Crippen molar-refractivity contribution in [1.82, 2.24) is 5.32 Å². The Kier molecular flexibility index (Phi) is 4.95. The molecule has 0 unspecified atom stereocenters. The van der Waals surface area contributed by atoms with Crippen LogP contribution in [0.4, 0.5) is 15.8 Å². The van der Waals surface area contributed by atoms with E-state index in [1.807, 2.05) is 18.2 Å². The van der Waals surface area contributed by atoms with E-state index in [0.29, 0.717) is 5.69 Å². The maximum absolute atomic E-state index is 13.2. The highest BCUT2D eigenvalue weighted by Gasteiger charge is 2.27. The Morgan fingerprint density at radius 3 is 2.68 bits per heavy atom. The number of carbonyl (C=O) groups excluding carboxylic acids is 2. The number of nitrogens with one attached hydrogen (secondary N) is 3. The van der Waals surface area contributed by atoms with Crippen LogP contribution >= 0.6 is 11.6 Å². The SMILES string of the molecule is O=C1C[C@H](C(=O)Nc2ccc(F)c(Cl)c2)N=C(Nc2ccccc2)N1. The third-order valence-corrected chi connectivity index (χ3v) is 3.74. The Labute approximate surface area is 148 Å². The summed E-state index contributed by atoms with van der Waals surface area (Å²) in [5.41, 5.74) is 1.06. The number of rotatable bonds is 3. The van der Waals surface area contributed by atoms with Crippen molar-refractivity contribution in [2.75, 3.05) is 10.6 Å². The van der Waals surface area contributed by atoms with Gasteiger partial charge in [-0.3, -0.25) is 14.9 Å². The van der Waals surface area contributed by atoms with Gasteiger partial charge in [0.15, 0.2) is 0 Å². The van der Waals surface area contributed by atoms with Crippen molar-refractivity contribution in [3.8, 4) is 0 Å². The summed E-state index contributed by atoms with van der Waals surface area (Å²) in [6, 6.07) is 12.1. The molecule has 3 N–H and O–H groups in total. The van der Waals surface area contributed by atoms with Crippen LogP contribution in [0.15, 0.2) is 53.5 Å². The third-order valence-electron chi connectivity index (χ3n) is 3.45. The molecule has 0 saturated carbocycles. The van der Waals surface area contributed by atoms with Crippen LogP contribution in [-0.4, -0.2) is 23.8 Å². The van der Waals surface area contributed by atoms with Crippen LogP contribution in [0.25, 0.3) is 0 Å². The van der Waals surface area contributed by atoms with Gasteiger partial charge in [0.2, 0.25) is 17.8 Å². The second-order valence-corrected chi connectivity index (χ2v) is 5.76. The van der Waals surface area contributed by atoms with Gasteiger partial charge in [0.1, 0.15) is 11.9 Å². The smallest absolute Gasteiger partial charge is 0.249 e. The summed E-state index contributed by atoms with van der Waals surface area (Å²) in [6.07, 6.45) is -0.0826. The Balaban J connectivity index is 1.73. The molecule has 128 valence electrons. The summed E-state index contributed by atoms with van der Waals surface area (Å²) in [5, 5.41) is 8.00. The number of benzene rings is 2. The monoisotopic (exact) mass is 360 g/mol. The quantitative estimate of drug-likeness (QED) is 0.787. The maximum Gasteiger partial charge on any atom is 0.249 e. The van der Waals surface area contributed by atoms with E-state index in [1.54, 1.807) is 12.1 Å². The summed E-state index contributed by atoms with van der Waals surface area (Å²) in [5.74, 6) is -1.19. The molecule has 3 rings (SSSR count). The molecular weight excluding hydrogens is 347 g/mol. The van der Waals surface area contributed by atoms with Crippen molar-refractivity contribution in [3.63, 3.8) is 0 Å². The number of aliphatic imine (C=N–C) groups is 1. The van der Waals surface area contributed by atoms with Gasteiger partial charge in [0.25, 0.3) is 0 Å². The van der Waals surface area contributed by atoms with E-state index in [9.17, 15) is 14.0 Å². The highest BCUT2D eigenvalue weighted by atomic mass is 35.5. The summed E-state index contributed by atoms with van der Waals surface area (Å²) < 4.78 is 13.2. The zero-order valence-corrected chi connectivity index (χ0v) is 13.7. The molecule has 1 aliphatic heterocycles. The zero-order chi connectivity index (χ0) is 17.8. The molecule has 0 fully saturated rings. The molecule has 25 heavy (non-hydrogen) atoms. The minimum absolute atomic E-state index is 0.0826. The molecule has 2 aromatic rings. The lowest BCUT2D eigenvalue weighted by Gasteiger charge is -2.21. The first kappa shape index (κ1) is 16.9. The topological polar surface area (TPSA) is 82.6 Å². The van der Waals surface area contributed by atoms with Gasteiger partial charge in [0, 0.05) is 11.4 Å². The van der Waals surface area contributed by atoms with Gasteiger partial charge in [-0.15, -0.1) is 0 Å². The lowest BCUT2D eigenvalue weighted by molar-refractivity contribution is -0.124. The van der Waals surface area contributed by atoms with Crippen molar-refractivity contribution in [2.24, 2.45) is 4.99 Å². The Hall–Kier alpha value is -2.93. The number of para-hydroxylation sites is 1. The number of carbonyl (C=O) groups is 2. The van der Waals surface area contributed by atoms with E-state index in [0.717, 1.165) is 11.8 Å². The zero-order valence-electron chi connectivity index (χ0n) is 12.9. The number of hydrogen-bond donors (Lipinski definition) is 3. The molecule has 2 aromatic carbocycles. The van der Waals surface area contributed by atoms with E-state index in [4.69, 9.17) is 11.6 Å². The Bertz CT molecular complexity index is 842. The van der Waals surface area contributed by atoms with Crippen molar-refractivity contribution >= 4 is 40.7 Å². The third kappa shape index (κ3) is 4.33. The Morgan fingerprint density at radius 1 is 1.20 bits per heavy atom. The fourth-order valence-corrected chi connectivity index (χ4v) is 2.45. The van der Waals surface area contributed by atoms with Gasteiger partial charge in [0.05, 0.1) is 11.4 Å². The first-order valence-corrected chi connectivity index (χ1v) is 7.85. The predicted molar refractivity (Wildman–Crippen MR) is 94.1 cm³/mol. The molecule has 0 bridgehead atoms. The van der Waals surface area contributed by atoms with Crippen LogP contribution in [0.2, 0.25) is 5.02 Å². The fourth-order valence-electron chi connectivity index (χ4n) is 2.26. The number of halogens is 2. The van der Waals surface area contributed by atoms with Gasteiger partial charge in [-0.1, -0.05) is 29.8 Å². The lowest BCUT2D eigenvalue weighted by Crippen LogP contribution is -2.45. The lowest BCUT2D eigenvalue weighted by atomic mass is 10.1. The summed E-state index contributed by atoms with van der Waals surface area (Å²) in [4.78, 5) is 28.4. The van der Waals surface area contributed by atoms with E-state index in [1.165, 1.54) is 12.1 Å². The van der Waals surface area contributed by atoms with Crippen LogP contribution in [0.3, 0.4) is 0 Å². The molecule has 6 nitrogen and oxygen atoms in total. The number of amides is 2. The van der Waals surface area contributed by atoms with Gasteiger partial charge in [-0.05, 0) is 30.3 Å². The highest BCUT2D eigenvalue weighted by Crippen LogP contribution is 2.20. The molecule has 1 heterocycles. The molecule has 0 saturated heterocycles. The van der Waals surface area contributed by atoms with Crippen LogP contribution in [-0.2, 0) is 9.59 Å². The van der Waals surface area contributed by atoms with E-state index < -0.39 is 17.8 Å². The molecule has 0 radical (unpaired) electrons. The number of nitrogens with zero attached hydrogens (tertiary/aromatic N) is 1. The van der Waals surface area contributed by atoms with Gasteiger partial charge in [-0.2, -0.15) is 0 Å². The normalized spacial score (nSPS) is 16.6. The fraction of sp³-hybridized carbons (Fsp3) is 0.118. The molecule has 1 aliphatic rings. The summed E-state index contributed by atoms with van der Waals surface area (Å²) in [6.45, 7) is 0.